The number of carbonyl (C=O) groups is 1. The van der Waals surface area contributed by atoms with Crippen LogP contribution in [0.3, 0.4) is 0 Å². The molecule has 2 aliphatic rings. The van der Waals surface area contributed by atoms with Crippen molar-refractivity contribution in [1.82, 2.24) is 4.90 Å². The van der Waals surface area contributed by atoms with Crippen LogP contribution in [0.1, 0.15) is 38.2 Å². The van der Waals surface area contributed by atoms with Crippen LogP contribution in [0.5, 0.6) is 0 Å². The SMILES string of the molecule is C[C@@H]1CCN(C(=O)C2(c3ccc(F)cc3F)CCC2)C[C@H]1O. The van der Waals surface area contributed by atoms with Crippen molar-refractivity contribution in [2.75, 3.05) is 13.1 Å². The molecular weight excluding hydrogens is 288 g/mol. The summed E-state index contributed by atoms with van der Waals surface area (Å²) in [7, 11) is 0. The normalized spacial score (nSPS) is 27.4. The molecule has 1 saturated heterocycles. The Morgan fingerprint density at radius 1 is 1.36 bits per heavy atom. The second-order valence-electron chi connectivity index (χ2n) is 6.64. The van der Waals surface area contributed by atoms with Crippen molar-refractivity contribution < 1.29 is 18.7 Å². The number of amides is 1. The number of hydrogen-bond donors (Lipinski definition) is 1. The van der Waals surface area contributed by atoms with Crippen molar-refractivity contribution in [3.05, 3.63) is 35.4 Å². The molecule has 0 bridgehead atoms. The first-order valence-corrected chi connectivity index (χ1v) is 7.87. The van der Waals surface area contributed by atoms with Gasteiger partial charge in [-0.1, -0.05) is 19.4 Å². The summed E-state index contributed by atoms with van der Waals surface area (Å²) >= 11 is 0. The zero-order valence-electron chi connectivity index (χ0n) is 12.7. The van der Waals surface area contributed by atoms with Crippen LogP contribution in [0.15, 0.2) is 18.2 Å². The standard InChI is InChI=1S/C17H21F2NO2/c1-11-5-8-20(10-15(11)21)16(22)17(6-2-7-17)13-4-3-12(18)9-14(13)19/h3-4,9,11,15,21H,2,5-8,10H2,1H3/t11-,15-/m1/s1. The van der Waals surface area contributed by atoms with Gasteiger partial charge in [0.1, 0.15) is 11.6 Å². The highest BCUT2D eigenvalue weighted by Gasteiger charge is 2.49. The maximum Gasteiger partial charge on any atom is 0.233 e. The third-order valence-corrected chi connectivity index (χ3v) is 5.27. The maximum atomic E-state index is 14.2. The van der Waals surface area contributed by atoms with Gasteiger partial charge in [-0.25, -0.2) is 8.78 Å². The van der Waals surface area contributed by atoms with Gasteiger partial charge in [0.25, 0.3) is 0 Å². The lowest BCUT2D eigenvalue weighted by Crippen LogP contribution is -2.55. The van der Waals surface area contributed by atoms with E-state index in [1.165, 1.54) is 12.1 Å². The number of nitrogens with zero attached hydrogens (tertiary/aromatic N) is 1. The Labute approximate surface area is 128 Å². The van der Waals surface area contributed by atoms with Crippen molar-refractivity contribution in [1.29, 1.82) is 0 Å². The Morgan fingerprint density at radius 2 is 2.09 bits per heavy atom. The van der Waals surface area contributed by atoms with Gasteiger partial charge in [-0.15, -0.1) is 0 Å². The summed E-state index contributed by atoms with van der Waals surface area (Å²) in [6.45, 7) is 2.84. The summed E-state index contributed by atoms with van der Waals surface area (Å²) in [6.07, 6.45) is 2.23. The molecule has 120 valence electrons. The fourth-order valence-corrected chi connectivity index (χ4v) is 3.54. The Balaban J connectivity index is 1.88. The van der Waals surface area contributed by atoms with Gasteiger partial charge in [0, 0.05) is 24.7 Å². The lowest BCUT2D eigenvalue weighted by atomic mass is 9.63. The predicted octanol–water partition coefficient (Wildman–Crippen LogP) is 2.62. The summed E-state index contributed by atoms with van der Waals surface area (Å²) in [4.78, 5) is 14.6. The molecule has 3 rings (SSSR count). The smallest absolute Gasteiger partial charge is 0.233 e. The summed E-state index contributed by atoms with van der Waals surface area (Å²) in [6, 6.07) is 3.44. The summed E-state index contributed by atoms with van der Waals surface area (Å²) in [5, 5.41) is 10.00. The van der Waals surface area contributed by atoms with Gasteiger partial charge in [0.15, 0.2) is 0 Å². The van der Waals surface area contributed by atoms with Gasteiger partial charge in [-0.3, -0.25) is 4.79 Å². The number of halogens is 2. The topological polar surface area (TPSA) is 40.5 Å². The van der Waals surface area contributed by atoms with Gasteiger partial charge < -0.3 is 10.0 Å². The van der Waals surface area contributed by atoms with Crippen molar-refractivity contribution in [3.63, 3.8) is 0 Å². The quantitative estimate of drug-likeness (QED) is 0.912. The first-order chi connectivity index (χ1) is 10.4. The van der Waals surface area contributed by atoms with E-state index in [-0.39, 0.29) is 11.8 Å². The van der Waals surface area contributed by atoms with Crippen LogP contribution in [0, 0.1) is 17.6 Å². The number of piperidine rings is 1. The Bertz CT molecular complexity index is 586. The number of hydrogen-bond acceptors (Lipinski definition) is 2. The third-order valence-electron chi connectivity index (χ3n) is 5.27. The van der Waals surface area contributed by atoms with E-state index >= 15 is 0 Å². The van der Waals surface area contributed by atoms with E-state index in [1.54, 1.807) is 4.90 Å². The van der Waals surface area contributed by atoms with E-state index in [2.05, 4.69) is 0 Å². The first-order valence-electron chi connectivity index (χ1n) is 7.87. The lowest BCUT2D eigenvalue weighted by molar-refractivity contribution is -0.145. The monoisotopic (exact) mass is 309 g/mol. The molecule has 2 fully saturated rings. The molecule has 2 atom stereocenters. The predicted molar refractivity (Wildman–Crippen MR) is 78.3 cm³/mol. The van der Waals surface area contributed by atoms with Crippen LogP contribution >= 0.6 is 0 Å². The average Bonchev–Trinajstić information content (AvgIpc) is 2.42. The van der Waals surface area contributed by atoms with Crippen LogP contribution in [0.2, 0.25) is 0 Å². The highest BCUT2D eigenvalue weighted by molar-refractivity contribution is 5.89. The average molecular weight is 309 g/mol. The minimum Gasteiger partial charge on any atom is -0.391 e. The Kier molecular flexibility index (Phi) is 3.93. The molecule has 1 aromatic rings. The van der Waals surface area contributed by atoms with E-state index in [4.69, 9.17) is 0 Å². The fourth-order valence-electron chi connectivity index (χ4n) is 3.54. The van der Waals surface area contributed by atoms with Crippen molar-refractivity contribution in [3.8, 4) is 0 Å². The van der Waals surface area contributed by atoms with E-state index in [9.17, 15) is 18.7 Å². The molecule has 1 heterocycles. The zero-order chi connectivity index (χ0) is 15.9. The molecule has 0 unspecified atom stereocenters. The number of rotatable bonds is 2. The number of β-amino-alcohol motifs (C(OH)–C–C–N with tert-alkyl or cyclic N) is 1. The zero-order valence-corrected chi connectivity index (χ0v) is 12.7. The summed E-state index contributed by atoms with van der Waals surface area (Å²) in [5.41, 5.74) is -0.587. The molecule has 1 aromatic carbocycles. The molecule has 0 radical (unpaired) electrons. The van der Waals surface area contributed by atoms with Crippen LogP contribution in [0.25, 0.3) is 0 Å². The number of likely N-dealkylation sites (tertiary alicyclic amines) is 1. The van der Waals surface area contributed by atoms with Crippen LogP contribution in [0.4, 0.5) is 8.78 Å². The van der Waals surface area contributed by atoms with E-state index in [0.29, 0.717) is 31.5 Å². The van der Waals surface area contributed by atoms with E-state index in [0.717, 1.165) is 18.9 Å². The molecule has 1 aliphatic carbocycles. The first kappa shape index (κ1) is 15.4. The molecule has 5 heteroatoms. The maximum absolute atomic E-state index is 14.2. The number of benzene rings is 1. The molecule has 1 aliphatic heterocycles. The van der Waals surface area contributed by atoms with E-state index in [1.807, 2.05) is 6.92 Å². The van der Waals surface area contributed by atoms with Crippen molar-refractivity contribution >= 4 is 5.91 Å². The van der Waals surface area contributed by atoms with Crippen LogP contribution < -0.4 is 0 Å². The summed E-state index contributed by atoms with van der Waals surface area (Å²) < 4.78 is 27.3. The van der Waals surface area contributed by atoms with Gasteiger partial charge in [0.05, 0.1) is 11.5 Å². The number of carbonyl (C=O) groups excluding carboxylic acids is 1. The van der Waals surface area contributed by atoms with Gasteiger partial charge >= 0.3 is 0 Å². The molecule has 1 saturated carbocycles. The van der Waals surface area contributed by atoms with Crippen molar-refractivity contribution in [2.24, 2.45) is 5.92 Å². The molecule has 1 amide bonds. The minimum atomic E-state index is -0.877. The Morgan fingerprint density at radius 3 is 2.64 bits per heavy atom. The van der Waals surface area contributed by atoms with Crippen LogP contribution in [-0.2, 0) is 10.2 Å². The number of aliphatic hydroxyl groups is 1. The molecular formula is C17H21F2NO2. The second kappa shape index (κ2) is 5.61. The Hall–Kier alpha value is -1.49. The van der Waals surface area contributed by atoms with Gasteiger partial charge in [0.2, 0.25) is 5.91 Å². The summed E-state index contributed by atoms with van der Waals surface area (Å²) in [5.74, 6) is -1.25. The molecule has 3 nitrogen and oxygen atoms in total. The molecule has 1 N–H and O–H groups in total. The molecule has 0 spiro atoms. The lowest BCUT2D eigenvalue weighted by Gasteiger charge is -2.46. The highest BCUT2D eigenvalue weighted by Crippen LogP contribution is 2.46. The molecule has 22 heavy (non-hydrogen) atoms. The van der Waals surface area contributed by atoms with Crippen molar-refractivity contribution in [2.45, 2.75) is 44.1 Å². The van der Waals surface area contributed by atoms with Crippen LogP contribution in [-0.4, -0.2) is 35.1 Å². The van der Waals surface area contributed by atoms with Gasteiger partial charge in [-0.05, 0) is 31.2 Å². The number of aliphatic hydroxyl groups excluding tert-OH is 1. The second-order valence-corrected chi connectivity index (χ2v) is 6.64. The third kappa shape index (κ3) is 2.41. The fraction of sp³-hybridized carbons (Fsp3) is 0.588. The van der Waals surface area contributed by atoms with E-state index < -0.39 is 23.2 Å². The van der Waals surface area contributed by atoms with Gasteiger partial charge in [-0.2, -0.15) is 0 Å². The highest BCUT2D eigenvalue weighted by atomic mass is 19.1. The minimum absolute atomic E-state index is 0.129. The molecule has 0 aromatic heterocycles. The largest absolute Gasteiger partial charge is 0.391 e.